The van der Waals surface area contributed by atoms with Gasteiger partial charge >= 0.3 is 11.9 Å². The third-order valence-electron chi connectivity index (χ3n) is 3.85. The first-order chi connectivity index (χ1) is 6.14. The molecule has 0 amide bonds. The van der Waals surface area contributed by atoms with E-state index in [4.69, 9.17) is 9.84 Å². The molecule has 1 heterocycles. The van der Waals surface area contributed by atoms with Gasteiger partial charge in [0.1, 0.15) is 6.10 Å². The number of carbonyl (C=O) groups is 2. The molecule has 2 bridgehead atoms. The molecule has 0 radical (unpaired) electrons. The molecule has 4 atom stereocenters. The van der Waals surface area contributed by atoms with Crippen molar-refractivity contribution in [2.45, 2.75) is 25.4 Å². The second kappa shape index (κ2) is 1.89. The predicted octanol–water partition coefficient (Wildman–Crippen LogP) is 0.413. The van der Waals surface area contributed by atoms with Gasteiger partial charge in [-0.3, -0.25) is 9.59 Å². The molecule has 1 saturated heterocycles. The van der Waals surface area contributed by atoms with Gasteiger partial charge < -0.3 is 9.84 Å². The summed E-state index contributed by atoms with van der Waals surface area (Å²) in [5.41, 5.74) is -1.16. The van der Waals surface area contributed by atoms with E-state index in [-0.39, 0.29) is 12.0 Å². The molecule has 2 aliphatic carbocycles. The smallest absolute Gasteiger partial charge is 0.324 e. The van der Waals surface area contributed by atoms with E-state index in [9.17, 15) is 9.59 Å². The zero-order valence-corrected chi connectivity index (χ0v) is 7.03. The van der Waals surface area contributed by atoms with Gasteiger partial charge in [-0.1, -0.05) is 0 Å². The molecule has 0 aromatic rings. The maximum Gasteiger partial charge on any atom is 0.324 e. The largest absolute Gasteiger partial charge is 0.480 e. The van der Waals surface area contributed by atoms with Crippen molar-refractivity contribution in [1.82, 2.24) is 0 Å². The van der Waals surface area contributed by atoms with Gasteiger partial charge in [0.2, 0.25) is 0 Å². The molecule has 13 heavy (non-hydrogen) atoms. The topological polar surface area (TPSA) is 63.6 Å². The summed E-state index contributed by atoms with van der Waals surface area (Å²) in [6.45, 7) is 0. The number of carboxylic acid groups (broad SMARTS) is 1. The van der Waals surface area contributed by atoms with Crippen molar-refractivity contribution in [2.75, 3.05) is 0 Å². The van der Waals surface area contributed by atoms with E-state index in [1.165, 1.54) is 0 Å². The molecular formula is C9H10O4. The number of fused-ring (bicyclic) bond motifs is 1. The van der Waals surface area contributed by atoms with Gasteiger partial charge in [-0.15, -0.1) is 0 Å². The van der Waals surface area contributed by atoms with Crippen molar-refractivity contribution in [3.8, 4) is 0 Å². The number of carbonyl (C=O) groups excluding carboxylic acids is 1. The lowest BCUT2D eigenvalue weighted by Crippen LogP contribution is -2.39. The fourth-order valence-corrected chi connectivity index (χ4v) is 3.33. The quantitative estimate of drug-likeness (QED) is 0.471. The first-order valence-corrected chi connectivity index (χ1v) is 4.59. The minimum absolute atomic E-state index is 0.0394. The Bertz CT molecular complexity index is 311. The van der Waals surface area contributed by atoms with Crippen LogP contribution in [0.4, 0.5) is 0 Å². The van der Waals surface area contributed by atoms with Crippen LogP contribution in [0.15, 0.2) is 0 Å². The van der Waals surface area contributed by atoms with Gasteiger partial charge in [0.05, 0.1) is 0 Å². The Morgan fingerprint density at radius 1 is 1.54 bits per heavy atom. The summed E-state index contributed by atoms with van der Waals surface area (Å²) in [7, 11) is 0. The molecule has 1 aliphatic heterocycles. The van der Waals surface area contributed by atoms with E-state index < -0.39 is 17.4 Å². The van der Waals surface area contributed by atoms with E-state index >= 15 is 0 Å². The molecule has 70 valence electrons. The maximum absolute atomic E-state index is 11.5. The van der Waals surface area contributed by atoms with Gasteiger partial charge in [-0.05, 0) is 25.2 Å². The van der Waals surface area contributed by atoms with Crippen LogP contribution >= 0.6 is 0 Å². The molecule has 4 heteroatoms. The highest BCUT2D eigenvalue weighted by Gasteiger charge is 2.70. The lowest BCUT2D eigenvalue weighted by atomic mass is 9.74. The average Bonchev–Trinajstić information content (AvgIpc) is 2.61. The normalized spacial score (nSPS) is 51.1. The Balaban J connectivity index is 2.12. The van der Waals surface area contributed by atoms with E-state index in [0.29, 0.717) is 12.3 Å². The molecule has 1 N–H and O–H groups in total. The van der Waals surface area contributed by atoms with E-state index in [2.05, 4.69) is 0 Å². The van der Waals surface area contributed by atoms with Crippen LogP contribution < -0.4 is 0 Å². The number of aliphatic carboxylic acids is 1. The molecule has 3 rings (SSSR count). The van der Waals surface area contributed by atoms with Crippen LogP contribution in [0.25, 0.3) is 0 Å². The predicted molar refractivity (Wildman–Crippen MR) is 40.8 cm³/mol. The monoisotopic (exact) mass is 182 g/mol. The van der Waals surface area contributed by atoms with Crippen LogP contribution in [0.2, 0.25) is 0 Å². The molecule has 4 unspecified atom stereocenters. The summed E-state index contributed by atoms with van der Waals surface area (Å²) in [4.78, 5) is 22.5. The Morgan fingerprint density at radius 2 is 2.31 bits per heavy atom. The zero-order valence-electron chi connectivity index (χ0n) is 7.03. The second-order valence-corrected chi connectivity index (χ2v) is 4.37. The van der Waals surface area contributed by atoms with Gasteiger partial charge in [0.15, 0.2) is 5.41 Å². The minimum atomic E-state index is -1.16. The molecular weight excluding hydrogens is 172 g/mol. The highest BCUT2D eigenvalue weighted by atomic mass is 16.6. The summed E-state index contributed by atoms with van der Waals surface area (Å²) in [5, 5.41) is 9.08. The number of hydrogen-bond acceptors (Lipinski definition) is 3. The molecule has 2 saturated carbocycles. The van der Waals surface area contributed by atoms with Crippen LogP contribution in [0.1, 0.15) is 19.3 Å². The van der Waals surface area contributed by atoms with E-state index in [1.54, 1.807) is 0 Å². The SMILES string of the molecule is O=C(O)C12CC3CC(OC1=O)C2C3. The zero-order chi connectivity index (χ0) is 9.22. The lowest BCUT2D eigenvalue weighted by molar-refractivity contribution is -0.161. The number of carboxylic acids is 1. The molecule has 0 spiro atoms. The van der Waals surface area contributed by atoms with Crippen molar-refractivity contribution >= 4 is 11.9 Å². The number of rotatable bonds is 1. The fourth-order valence-electron chi connectivity index (χ4n) is 3.33. The summed E-state index contributed by atoms with van der Waals surface area (Å²) in [6.07, 6.45) is 2.15. The number of hydrogen-bond donors (Lipinski definition) is 1. The Hall–Kier alpha value is -1.06. The summed E-state index contributed by atoms with van der Waals surface area (Å²) >= 11 is 0. The van der Waals surface area contributed by atoms with Gasteiger partial charge in [0, 0.05) is 5.92 Å². The second-order valence-electron chi connectivity index (χ2n) is 4.37. The summed E-state index contributed by atoms with van der Waals surface area (Å²) in [5.74, 6) is -1.11. The Labute approximate surface area is 74.9 Å². The molecule has 0 aromatic heterocycles. The van der Waals surface area contributed by atoms with Crippen LogP contribution in [0.5, 0.6) is 0 Å². The van der Waals surface area contributed by atoms with E-state index in [1.807, 2.05) is 0 Å². The van der Waals surface area contributed by atoms with Crippen molar-refractivity contribution in [1.29, 1.82) is 0 Å². The maximum atomic E-state index is 11.5. The van der Waals surface area contributed by atoms with Crippen LogP contribution in [-0.2, 0) is 14.3 Å². The van der Waals surface area contributed by atoms with Gasteiger partial charge in [-0.25, -0.2) is 0 Å². The minimum Gasteiger partial charge on any atom is -0.480 e. The highest BCUT2D eigenvalue weighted by molar-refractivity contribution is 6.01. The average molecular weight is 182 g/mol. The van der Waals surface area contributed by atoms with Crippen molar-refractivity contribution in [3.05, 3.63) is 0 Å². The molecule has 3 aliphatic rings. The number of esters is 1. The number of ether oxygens (including phenoxy) is 1. The Kier molecular flexibility index (Phi) is 1.07. The van der Waals surface area contributed by atoms with Crippen LogP contribution in [-0.4, -0.2) is 23.1 Å². The Morgan fingerprint density at radius 3 is 2.85 bits per heavy atom. The molecule has 0 aromatic carbocycles. The first-order valence-electron chi connectivity index (χ1n) is 4.59. The summed E-state index contributed by atoms with van der Waals surface area (Å²) < 4.78 is 5.08. The standard InChI is InChI=1S/C9H10O4/c10-7(11)9-3-4-1-5(9)6(2-4)13-8(9)12/h4-6H,1-3H2,(H,10,11). The summed E-state index contributed by atoms with van der Waals surface area (Å²) in [6, 6.07) is 0. The molecule has 4 nitrogen and oxygen atoms in total. The lowest BCUT2D eigenvalue weighted by Gasteiger charge is -2.22. The van der Waals surface area contributed by atoms with Gasteiger partial charge in [0.25, 0.3) is 0 Å². The third kappa shape index (κ3) is 0.607. The molecule has 3 fully saturated rings. The fraction of sp³-hybridized carbons (Fsp3) is 0.778. The van der Waals surface area contributed by atoms with Crippen molar-refractivity contribution in [3.63, 3.8) is 0 Å². The van der Waals surface area contributed by atoms with E-state index in [0.717, 1.165) is 12.8 Å². The first kappa shape index (κ1) is 7.35. The highest BCUT2D eigenvalue weighted by Crippen LogP contribution is 2.61. The van der Waals surface area contributed by atoms with Crippen LogP contribution in [0.3, 0.4) is 0 Å². The van der Waals surface area contributed by atoms with Crippen LogP contribution in [0, 0.1) is 17.3 Å². The van der Waals surface area contributed by atoms with Crippen molar-refractivity contribution in [2.24, 2.45) is 17.3 Å². The van der Waals surface area contributed by atoms with Crippen molar-refractivity contribution < 1.29 is 19.4 Å². The van der Waals surface area contributed by atoms with Gasteiger partial charge in [-0.2, -0.15) is 0 Å². The third-order valence-corrected chi connectivity index (χ3v) is 3.85.